The normalized spacial score (nSPS) is 20.4. The molecule has 4 heterocycles. The summed E-state index contributed by atoms with van der Waals surface area (Å²) in [7, 11) is 0. The second kappa shape index (κ2) is 7.98. The van der Waals surface area contributed by atoms with Gasteiger partial charge in [-0.15, -0.1) is 5.10 Å². The number of aromatic hydroxyl groups is 1. The summed E-state index contributed by atoms with van der Waals surface area (Å²) in [6.45, 7) is 4.11. The molecule has 0 bridgehead atoms. The number of benzene rings is 1. The van der Waals surface area contributed by atoms with Crippen LogP contribution in [-0.2, 0) is 22.1 Å². The number of hydrogen-bond acceptors (Lipinski definition) is 7. The van der Waals surface area contributed by atoms with E-state index in [0.717, 1.165) is 12.1 Å². The first-order valence-electron chi connectivity index (χ1n) is 10.6. The summed E-state index contributed by atoms with van der Waals surface area (Å²) < 4.78 is 53.3. The number of hydrogen-bond donors (Lipinski definition) is 1. The fourth-order valence-electron chi connectivity index (χ4n) is 4.44. The van der Waals surface area contributed by atoms with Crippen LogP contribution in [0.2, 0.25) is 0 Å². The third-order valence-corrected chi connectivity index (χ3v) is 7.15. The minimum absolute atomic E-state index is 0.0896. The summed E-state index contributed by atoms with van der Waals surface area (Å²) in [5.41, 5.74) is -0.261. The van der Waals surface area contributed by atoms with Gasteiger partial charge in [0, 0.05) is 32.4 Å². The van der Waals surface area contributed by atoms with Gasteiger partial charge in [-0.25, -0.2) is 4.98 Å². The topological polar surface area (TPSA) is 72.1 Å². The molecule has 5 rings (SSSR count). The first-order chi connectivity index (χ1) is 15.3. The lowest BCUT2D eigenvalue weighted by molar-refractivity contribution is -0.187. The number of rotatable bonds is 4. The van der Waals surface area contributed by atoms with Crippen molar-refractivity contribution in [2.45, 2.75) is 44.2 Å². The Kier molecular flexibility index (Phi) is 5.39. The quantitative estimate of drug-likeness (QED) is 0.624. The molecule has 2 saturated heterocycles. The molecule has 1 spiro atoms. The van der Waals surface area contributed by atoms with Gasteiger partial charge >= 0.3 is 6.18 Å². The van der Waals surface area contributed by atoms with Crippen molar-refractivity contribution in [1.29, 1.82) is 0 Å². The largest absolute Gasteiger partial charge is 0.492 e. The minimum atomic E-state index is -4.46. The molecule has 0 unspecified atom stereocenters. The Labute approximate surface area is 186 Å². The van der Waals surface area contributed by atoms with Crippen molar-refractivity contribution in [3.63, 3.8) is 0 Å². The van der Waals surface area contributed by atoms with Gasteiger partial charge < -0.3 is 14.6 Å². The van der Waals surface area contributed by atoms with Gasteiger partial charge in [-0.3, -0.25) is 4.90 Å². The molecule has 172 valence electrons. The fourth-order valence-corrected chi connectivity index (χ4v) is 5.58. The third-order valence-electron chi connectivity index (χ3n) is 6.08. The van der Waals surface area contributed by atoms with Gasteiger partial charge in [0.15, 0.2) is 11.6 Å². The summed E-state index contributed by atoms with van der Waals surface area (Å²) in [6, 6.07) is 4.71. The zero-order valence-electron chi connectivity index (χ0n) is 17.4. The molecular weight excluding hydrogens is 445 g/mol. The molecule has 2 aliphatic rings. The van der Waals surface area contributed by atoms with Crippen molar-refractivity contribution in [2.75, 3.05) is 26.3 Å². The van der Waals surface area contributed by atoms with E-state index in [-0.39, 0.29) is 5.88 Å². The van der Waals surface area contributed by atoms with Crippen LogP contribution in [0.25, 0.3) is 4.96 Å². The number of thiazole rings is 1. The Hall–Kier alpha value is -2.21. The lowest BCUT2D eigenvalue weighted by Crippen LogP contribution is -2.46. The molecule has 2 fully saturated rings. The highest BCUT2D eigenvalue weighted by Gasteiger charge is 2.43. The number of likely N-dealkylation sites (tertiary alicyclic amines) is 1. The van der Waals surface area contributed by atoms with Crippen molar-refractivity contribution in [3.8, 4) is 5.88 Å². The van der Waals surface area contributed by atoms with E-state index in [2.05, 4.69) is 15.0 Å². The third kappa shape index (κ3) is 3.76. The molecule has 2 aromatic heterocycles. The lowest BCUT2D eigenvalue weighted by Gasteiger charge is -2.41. The van der Waals surface area contributed by atoms with E-state index in [4.69, 9.17) is 9.47 Å². The van der Waals surface area contributed by atoms with Crippen molar-refractivity contribution in [3.05, 3.63) is 46.1 Å². The van der Waals surface area contributed by atoms with E-state index < -0.39 is 23.6 Å². The monoisotopic (exact) mass is 468 g/mol. The predicted molar refractivity (Wildman–Crippen MR) is 111 cm³/mol. The molecule has 0 radical (unpaired) electrons. The molecule has 0 amide bonds. The van der Waals surface area contributed by atoms with Gasteiger partial charge in [-0.05, 0) is 17.7 Å². The van der Waals surface area contributed by atoms with Gasteiger partial charge in [-0.1, -0.05) is 30.4 Å². The molecule has 11 heteroatoms. The van der Waals surface area contributed by atoms with Gasteiger partial charge in [-0.2, -0.15) is 17.7 Å². The Morgan fingerprint density at radius 3 is 2.56 bits per heavy atom. The molecule has 32 heavy (non-hydrogen) atoms. The summed E-state index contributed by atoms with van der Waals surface area (Å²) >= 11 is 1.25. The van der Waals surface area contributed by atoms with Gasteiger partial charge in [0.1, 0.15) is 0 Å². The van der Waals surface area contributed by atoms with Crippen LogP contribution in [0.15, 0.2) is 24.3 Å². The molecular formula is C21H23F3N4O3S. The molecule has 3 aromatic rings. The van der Waals surface area contributed by atoms with Crippen LogP contribution in [0.4, 0.5) is 13.2 Å². The van der Waals surface area contributed by atoms with Gasteiger partial charge in [0.05, 0.1) is 29.7 Å². The number of ether oxygens (including phenoxy) is 2. The predicted octanol–water partition coefficient (Wildman–Crippen LogP) is 4.01. The maximum atomic E-state index is 13.4. The second-order valence-electron chi connectivity index (χ2n) is 8.04. The molecule has 0 aliphatic carbocycles. The van der Waals surface area contributed by atoms with Crippen molar-refractivity contribution >= 4 is 16.3 Å². The van der Waals surface area contributed by atoms with Crippen LogP contribution in [0, 0.1) is 0 Å². The van der Waals surface area contributed by atoms with E-state index in [9.17, 15) is 18.3 Å². The highest BCUT2D eigenvalue weighted by molar-refractivity contribution is 7.17. The molecule has 1 atom stereocenters. The Morgan fingerprint density at radius 1 is 1.22 bits per heavy atom. The first kappa shape index (κ1) is 21.6. The van der Waals surface area contributed by atoms with Gasteiger partial charge in [0.2, 0.25) is 10.8 Å². The van der Waals surface area contributed by atoms with Crippen LogP contribution in [0.3, 0.4) is 0 Å². The zero-order valence-corrected chi connectivity index (χ0v) is 18.2. The Morgan fingerprint density at radius 2 is 1.94 bits per heavy atom. The molecule has 7 nitrogen and oxygen atoms in total. The minimum Gasteiger partial charge on any atom is -0.492 e. The molecule has 2 aliphatic heterocycles. The first-order valence-corrected chi connectivity index (χ1v) is 11.4. The van der Waals surface area contributed by atoms with E-state index in [1.165, 1.54) is 21.9 Å². The standard InChI is InChI=1S/C21H23F3N4O3S/c1-2-15-25-19-28(26-15)18(29)17(32-19)16(13-4-3-5-14(12-13)21(22,23)24)27-8-6-20(7-9-27)30-10-11-31-20/h3-5,12,16,29H,2,6-11H2,1H3/t16-/m0/s1. The number of alkyl halides is 3. The zero-order chi connectivity index (χ0) is 22.5. The Bertz CT molecular complexity index is 1110. The number of halogens is 3. The van der Waals surface area contributed by atoms with Gasteiger partial charge in [0.25, 0.3) is 0 Å². The van der Waals surface area contributed by atoms with Crippen molar-refractivity contribution in [2.24, 2.45) is 0 Å². The number of aryl methyl sites for hydroxylation is 1. The van der Waals surface area contributed by atoms with Crippen molar-refractivity contribution in [1.82, 2.24) is 19.5 Å². The highest BCUT2D eigenvalue weighted by Crippen LogP contribution is 2.44. The summed E-state index contributed by atoms with van der Waals surface area (Å²) in [5.74, 6) is -0.101. The summed E-state index contributed by atoms with van der Waals surface area (Å²) in [6.07, 6.45) is -2.63. The molecule has 1 aromatic carbocycles. The van der Waals surface area contributed by atoms with Crippen molar-refractivity contribution < 1.29 is 27.8 Å². The fraction of sp³-hybridized carbons (Fsp3) is 0.524. The maximum absolute atomic E-state index is 13.4. The smallest absolute Gasteiger partial charge is 0.416 e. The molecule has 0 saturated carbocycles. The van der Waals surface area contributed by atoms with Crippen LogP contribution < -0.4 is 0 Å². The second-order valence-corrected chi connectivity index (χ2v) is 9.04. The van der Waals surface area contributed by atoms with Crippen LogP contribution in [0.5, 0.6) is 5.88 Å². The average molecular weight is 469 g/mol. The van der Waals surface area contributed by atoms with Crippen LogP contribution in [0.1, 0.15) is 47.6 Å². The SMILES string of the molecule is CCc1nc2sc([C@H](c3cccc(C(F)(F)F)c3)N3CCC4(CC3)OCCO4)c(O)n2n1. The van der Waals surface area contributed by atoms with Crippen LogP contribution >= 0.6 is 11.3 Å². The number of fused-ring (bicyclic) bond motifs is 1. The average Bonchev–Trinajstić information content (AvgIpc) is 3.47. The maximum Gasteiger partial charge on any atom is 0.416 e. The number of nitrogens with zero attached hydrogens (tertiary/aromatic N) is 4. The highest BCUT2D eigenvalue weighted by atomic mass is 32.1. The van der Waals surface area contributed by atoms with E-state index >= 15 is 0 Å². The van der Waals surface area contributed by atoms with Crippen LogP contribution in [-0.4, -0.2) is 56.7 Å². The summed E-state index contributed by atoms with van der Waals surface area (Å²) in [4.78, 5) is 7.52. The number of piperidine rings is 1. The lowest BCUT2D eigenvalue weighted by atomic mass is 9.96. The molecule has 1 N–H and O–H groups in total. The summed E-state index contributed by atoms with van der Waals surface area (Å²) in [5, 5.41) is 15.3. The van der Waals surface area contributed by atoms with E-state index in [1.54, 1.807) is 6.07 Å². The van der Waals surface area contributed by atoms with E-state index in [0.29, 0.717) is 66.8 Å². The number of aromatic nitrogens is 3. The van der Waals surface area contributed by atoms with E-state index in [1.807, 2.05) is 6.92 Å². The Balaban J connectivity index is 1.55.